The molecule has 0 aromatic heterocycles. The molecular weight excluding hydrogens is 198 g/mol. The summed E-state index contributed by atoms with van der Waals surface area (Å²) < 4.78 is 0. The molecule has 0 fully saturated rings. The lowest BCUT2D eigenvalue weighted by Gasteiger charge is -2.28. The molecule has 1 N–H and O–H groups in total. The van der Waals surface area contributed by atoms with Gasteiger partial charge in [-0.1, -0.05) is 36.4 Å². The first-order valence-electron chi connectivity index (χ1n) is 5.39. The lowest BCUT2D eigenvalue weighted by atomic mass is 9.79. The first kappa shape index (κ1) is 9.38. The Hall–Kier alpha value is -1.85. The van der Waals surface area contributed by atoms with E-state index in [2.05, 4.69) is 6.07 Å². The average Bonchev–Trinajstić information content (AvgIpc) is 2.34. The number of hydrogen-bond donors (Lipinski definition) is 1. The van der Waals surface area contributed by atoms with Crippen LogP contribution in [-0.4, -0.2) is 5.11 Å². The molecule has 0 saturated carbocycles. The van der Waals surface area contributed by atoms with Crippen LogP contribution < -0.4 is 0 Å². The fourth-order valence-electron chi connectivity index (χ4n) is 2.54. The number of aliphatic hydroxyl groups is 1. The smallest absolute Gasteiger partial charge is 0.177 e. The molecule has 2 nitrogen and oxygen atoms in total. The summed E-state index contributed by atoms with van der Waals surface area (Å²) in [6.07, 6.45) is 1.25. The molecule has 0 spiro atoms. The van der Waals surface area contributed by atoms with Crippen molar-refractivity contribution in [3.63, 3.8) is 0 Å². The van der Waals surface area contributed by atoms with Crippen LogP contribution in [-0.2, 0) is 12.0 Å². The SMILES string of the molecule is N#CC1(O)CCc2cccc3cccc1c23. The highest BCUT2D eigenvalue weighted by Crippen LogP contribution is 2.38. The van der Waals surface area contributed by atoms with E-state index in [4.69, 9.17) is 5.26 Å². The summed E-state index contributed by atoms with van der Waals surface area (Å²) in [6, 6.07) is 13.9. The van der Waals surface area contributed by atoms with Gasteiger partial charge >= 0.3 is 0 Å². The third-order valence-corrected chi connectivity index (χ3v) is 3.38. The summed E-state index contributed by atoms with van der Waals surface area (Å²) in [5, 5.41) is 21.6. The van der Waals surface area contributed by atoms with Crippen molar-refractivity contribution in [2.45, 2.75) is 18.4 Å². The monoisotopic (exact) mass is 209 g/mol. The van der Waals surface area contributed by atoms with Crippen LogP contribution in [0.25, 0.3) is 10.8 Å². The van der Waals surface area contributed by atoms with Crippen molar-refractivity contribution >= 4 is 10.8 Å². The van der Waals surface area contributed by atoms with Crippen molar-refractivity contribution in [2.24, 2.45) is 0 Å². The lowest BCUT2D eigenvalue weighted by molar-refractivity contribution is 0.0872. The lowest BCUT2D eigenvalue weighted by Crippen LogP contribution is -2.27. The standard InChI is InChI=1S/C14H11NO/c15-9-14(16)8-7-11-4-1-3-10-5-2-6-12(14)13(10)11/h1-6,16H,7-8H2. The van der Waals surface area contributed by atoms with E-state index in [-0.39, 0.29) is 0 Å². The largest absolute Gasteiger partial charge is 0.371 e. The average molecular weight is 209 g/mol. The topological polar surface area (TPSA) is 44.0 Å². The third-order valence-electron chi connectivity index (χ3n) is 3.38. The molecule has 2 aromatic carbocycles. The van der Waals surface area contributed by atoms with Crippen LogP contribution in [0.4, 0.5) is 0 Å². The van der Waals surface area contributed by atoms with E-state index in [9.17, 15) is 5.11 Å². The van der Waals surface area contributed by atoms with Crippen molar-refractivity contribution in [1.29, 1.82) is 5.26 Å². The van der Waals surface area contributed by atoms with Crippen molar-refractivity contribution in [2.75, 3.05) is 0 Å². The Morgan fingerprint density at radius 3 is 2.69 bits per heavy atom. The molecule has 1 aliphatic carbocycles. The number of rotatable bonds is 0. The summed E-state index contributed by atoms with van der Waals surface area (Å²) in [5.74, 6) is 0. The summed E-state index contributed by atoms with van der Waals surface area (Å²) in [7, 11) is 0. The Bertz CT molecular complexity index is 606. The van der Waals surface area contributed by atoms with E-state index in [1.165, 1.54) is 5.56 Å². The highest BCUT2D eigenvalue weighted by atomic mass is 16.3. The van der Waals surface area contributed by atoms with Crippen LogP contribution in [0, 0.1) is 11.3 Å². The second-order valence-electron chi connectivity index (χ2n) is 4.29. The van der Waals surface area contributed by atoms with Gasteiger partial charge in [0, 0.05) is 5.56 Å². The van der Waals surface area contributed by atoms with Gasteiger partial charge in [0.15, 0.2) is 5.60 Å². The van der Waals surface area contributed by atoms with E-state index in [0.717, 1.165) is 22.8 Å². The number of nitriles is 1. The van der Waals surface area contributed by atoms with Crippen LogP contribution in [0.3, 0.4) is 0 Å². The first-order chi connectivity index (χ1) is 7.74. The van der Waals surface area contributed by atoms with Gasteiger partial charge in [0.1, 0.15) is 6.07 Å². The van der Waals surface area contributed by atoms with Gasteiger partial charge in [-0.05, 0) is 29.2 Å². The molecule has 78 valence electrons. The first-order valence-corrected chi connectivity index (χ1v) is 5.39. The number of aryl methyl sites for hydroxylation is 1. The predicted molar refractivity (Wildman–Crippen MR) is 61.8 cm³/mol. The third kappa shape index (κ3) is 1.09. The molecule has 0 aliphatic heterocycles. The fraction of sp³-hybridized carbons (Fsp3) is 0.214. The highest BCUT2D eigenvalue weighted by molar-refractivity contribution is 5.90. The van der Waals surface area contributed by atoms with Gasteiger partial charge in [0.25, 0.3) is 0 Å². The Morgan fingerprint density at radius 1 is 1.19 bits per heavy atom. The summed E-state index contributed by atoms with van der Waals surface area (Å²) in [5.41, 5.74) is 0.677. The van der Waals surface area contributed by atoms with E-state index >= 15 is 0 Å². The number of benzene rings is 2. The highest BCUT2D eigenvalue weighted by Gasteiger charge is 2.34. The quantitative estimate of drug-likeness (QED) is 0.677. The maximum atomic E-state index is 10.3. The molecule has 0 heterocycles. The molecule has 2 heteroatoms. The van der Waals surface area contributed by atoms with Gasteiger partial charge in [-0.25, -0.2) is 0 Å². The molecular formula is C14H11NO. The molecule has 1 aliphatic rings. The number of hydrogen-bond acceptors (Lipinski definition) is 2. The second kappa shape index (κ2) is 3.07. The van der Waals surface area contributed by atoms with Gasteiger partial charge in [-0.15, -0.1) is 0 Å². The zero-order valence-corrected chi connectivity index (χ0v) is 8.77. The van der Waals surface area contributed by atoms with Crippen molar-refractivity contribution in [3.8, 4) is 6.07 Å². The van der Waals surface area contributed by atoms with E-state index in [1.807, 2.05) is 36.4 Å². The molecule has 0 bridgehead atoms. The minimum atomic E-state index is -1.31. The Balaban J connectivity index is 2.46. The minimum absolute atomic E-state index is 0.486. The van der Waals surface area contributed by atoms with Crippen molar-refractivity contribution in [1.82, 2.24) is 0 Å². The second-order valence-corrected chi connectivity index (χ2v) is 4.29. The Kier molecular flexibility index (Phi) is 1.80. The number of nitrogens with zero attached hydrogens (tertiary/aromatic N) is 1. The van der Waals surface area contributed by atoms with Crippen LogP contribution in [0.1, 0.15) is 17.5 Å². The van der Waals surface area contributed by atoms with Gasteiger partial charge in [-0.2, -0.15) is 5.26 Å². The maximum Gasteiger partial charge on any atom is 0.177 e. The molecule has 0 amide bonds. The molecule has 1 atom stereocenters. The Morgan fingerprint density at radius 2 is 1.94 bits per heavy atom. The normalized spacial score (nSPS) is 23.0. The molecule has 0 saturated heterocycles. The van der Waals surface area contributed by atoms with Crippen molar-refractivity contribution < 1.29 is 5.11 Å². The summed E-state index contributed by atoms with van der Waals surface area (Å²) in [4.78, 5) is 0. The van der Waals surface area contributed by atoms with Crippen LogP contribution in [0.5, 0.6) is 0 Å². The minimum Gasteiger partial charge on any atom is -0.371 e. The van der Waals surface area contributed by atoms with Gasteiger partial charge in [0.2, 0.25) is 0 Å². The predicted octanol–water partition coefficient (Wildman–Crippen LogP) is 2.50. The molecule has 0 radical (unpaired) electrons. The molecule has 3 rings (SSSR count). The van der Waals surface area contributed by atoms with Gasteiger partial charge in [-0.3, -0.25) is 0 Å². The van der Waals surface area contributed by atoms with E-state index < -0.39 is 5.60 Å². The van der Waals surface area contributed by atoms with E-state index in [0.29, 0.717) is 6.42 Å². The fourth-order valence-corrected chi connectivity index (χ4v) is 2.54. The molecule has 2 aromatic rings. The summed E-state index contributed by atoms with van der Waals surface area (Å²) in [6.45, 7) is 0. The molecule has 16 heavy (non-hydrogen) atoms. The van der Waals surface area contributed by atoms with Crippen molar-refractivity contribution in [3.05, 3.63) is 47.5 Å². The Labute approximate surface area is 93.8 Å². The van der Waals surface area contributed by atoms with Gasteiger partial charge < -0.3 is 5.11 Å². The zero-order valence-electron chi connectivity index (χ0n) is 8.77. The summed E-state index contributed by atoms with van der Waals surface area (Å²) >= 11 is 0. The maximum absolute atomic E-state index is 10.3. The molecule has 1 unspecified atom stereocenters. The zero-order chi connectivity index (χ0) is 11.2. The van der Waals surface area contributed by atoms with E-state index in [1.54, 1.807) is 0 Å². The van der Waals surface area contributed by atoms with Crippen LogP contribution in [0.15, 0.2) is 36.4 Å². The van der Waals surface area contributed by atoms with Crippen LogP contribution >= 0.6 is 0 Å². The van der Waals surface area contributed by atoms with Gasteiger partial charge in [0.05, 0.1) is 0 Å². The van der Waals surface area contributed by atoms with Crippen LogP contribution in [0.2, 0.25) is 0 Å².